The zero-order valence-electron chi connectivity index (χ0n) is 14.0. The lowest BCUT2D eigenvalue weighted by Gasteiger charge is -2.26. The minimum absolute atomic E-state index is 0.229. The smallest absolute Gasteiger partial charge is 0.329 e. The predicted molar refractivity (Wildman–Crippen MR) is 84.5 cm³/mol. The Morgan fingerprint density at radius 3 is 2.70 bits per heavy atom. The number of nitrogens with one attached hydrogen (secondary N) is 1. The number of hydrogen-bond donors (Lipinski definition) is 2. The molecule has 1 atom stereocenters. The van der Waals surface area contributed by atoms with E-state index in [1.54, 1.807) is 0 Å². The van der Waals surface area contributed by atoms with Crippen molar-refractivity contribution in [1.82, 2.24) is 15.1 Å². The summed E-state index contributed by atoms with van der Waals surface area (Å²) in [6.07, 6.45) is 4.30. The number of amides is 1. The van der Waals surface area contributed by atoms with Crippen LogP contribution in [0.5, 0.6) is 0 Å². The molecule has 23 heavy (non-hydrogen) atoms. The molecule has 0 saturated carbocycles. The molecule has 1 aromatic rings. The monoisotopic (exact) mass is 323 g/mol. The minimum atomic E-state index is -1.26. The number of carbonyl (C=O) groups is 2. The number of carbonyl (C=O) groups excluding carboxylic acids is 1. The molecular formula is C16H25N3O4. The fraction of sp³-hybridized carbons (Fsp3) is 0.688. The second-order valence-corrected chi connectivity index (χ2v) is 6.27. The zero-order valence-corrected chi connectivity index (χ0v) is 14.0. The number of carboxylic acid groups (broad SMARTS) is 1. The van der Waals surface area contributed by atoms with Gasteiger partial charge in [0.25, 0.3) is 5.91 Å². The van der Waals surface area contributed by atoms with Crippen LogP contribution in [0.2, 0.25) is 0 Å². The van der Waals surface area contributed by atoms with Gasteiger partial charge in [-0.25, -0.2) is 4.79 Å². The average molecular weight is 323 g/mol. The Hall–Kier alpha value is -1.89. The number of carboxylic acids is 1. The van der Waals surface area contributed by atoms with E-state index in [4.69, 9.17) is 4.74 Å². The van der Waals surface area contributed by atoms with E-state index in [-0.39, 0.29) is 11.9 Å². The molecule has 0 spiro atoms. The highest BCUT2D eigenvalue weighted by Gasteiger charge is 2.35. The first-order chi connectivity index (χ1) is 10.9. The van der Waals surface area contributed by atoms with Crippen LogP contribution in [0.4, 0.5) is 0 Å². The third-order valence-corrected chi connectivity index (χ3v) is 4.44. The fourth-order valence-electron chi connectivity index (χ4n) is 2.98. The van der Waals surface area contributed by atoms with E-state index in [0.717, 1.165) is 18.5 Å². The molecule has 2 N–H and O–H groups in total. The van der Waals surface area contributed by atoms with Gasteiger partial charge in [0.15, 0.2) is 0 Å². The molecule has 2 rings (SSSR count). The highest BCUT2D eigenvalue weighted by atomic mass is 16.5. The van der Waals surface area contributed by atoms with Crippen molar-refractivity contribution < 1.29 is 19.4 Å². The number of aliphatic carboxylic acids is 1. The summed E-state index contributed by atoms with van der Waals surface area (Å²) in [4.78, 5) is 24.0. The van der Waals surface area contributed by atoms with Crippen LogP contribution in [0.3, 0.4) is 0 Å². The first kappa shape index (κ1) is 17.5. The van der Waals surface area contributed by atoms with Crippen molar-refractivity contribution in [3.8, 4) is 0 Å². The lowest BCUT2D eigenvalue weighted by atomic mass is 9.96. The van der Waals surface area contributed by atoms with Gasteiger partial charge in [0.1, 0.15) is 5.54 Å². The van der Waals surface area contributed by atoms with Crippen LogP contribution >= 0.6 is 0 Å². The molecule has 0 aromatic carbocycles. The summed E-state index contributed by atoms with van der Waals surface area (Å²) in [6.45, 7) is 6.66. The summed E-state index contributed by atoms with van der Waals surface area (Å²) in [5, 5.41) is 16.4. The Balaban J connectivity index is 2.16. The first-order valence-electron chi connectivity index (χ1n) is 8.07. The van der Waals surface area contributed by atoms with Gasteiger partial charge in [-0.2, -0.15) is 5.10 Å². The molecule has 2 heterocycles. The highest BCUT2D eigenvalue weighted by Crippen LogP contribution is 2.23. The zero-order chi connectivity index (χ0) is 17.0. The molecule has 1 saturated heterocycles. The number of nitrogens with zero attached hydrogens (tertiary/aromatic N) is 2. The van der Waals surface area contributed by atoms with Gasteiger partial charge < -0.3 is 15.2 Å². The molecule has 0 radical (unpaired) electrons. The summed E-state index contributed by atoms with van der Waals surface area (Å²) < 4.78 is 7.21. The Kier molecular flexibility index (Phi) is 5.41. The lowest BCUT2D eigenvalue weighted by Crippen LogP contribution is -2.52. The second-order valence-electron chi connectivity index (χ2n) is 6.27. The van der Waals surface area contributed by atoms with Gasteiger partial charge >= 0.3 is 5.97 Å². The van der Waals surface area contributed by atoms with Crippen LogP contribution in [0.15, 0.2) is 6.20 Å². The van der Waals surface area contributed by atoms with Gasteiger partial charge in [-0.3, -0.25) is 9.48 Å². The predicted octanol–water partition coefficient (Wildman–Crippen LogP) is 1.92. The number of rotatable bonds is 6. The van der Waals surface area contributed by atoms with Gasteiger partial charge in [0.2, 0.25) is 0 Å². The van der Waals surface area contributed by atoms with Gasteiger partial charge in [0, 0.05) is 18.9 Å². The van der Waals surface area contributed by atoms with E-state index in [0.29, 0.717) is 31.6 Å². The Morgan fingerprint density at radius 1 is 1.48 bits per heavy atom. The molecule has 1 aliphatic rings. The van der Waals surface area contributed by atoms with Crippen molar-refractivity contribution in [2.24, 2.45) is 0 Å². The SMILES string of the molecule is CCCC(C)(NC(=O)c1cnn(C2CCOCC2)c1C)C(=O)O. The molecule has 1 amide bonds. The van der Waals surface area contributed by atoms with Crippen molar-refractivity contribution in [2.75, 3.05) is 13.2 Å². The molecule has 1 fully saturated rings. The first-order valence-corrected chi connectivity index (χ1v) is 8.07. The molecule has 0 aliphatic carbocycles. The average Bonchev–Trinajstić information content (AvgIpc) is 2.90. The third kappa shape index (κ3) is 3.72. The van der Waals surface area contributed by atoms with Crippen LogP contribution in [0, 0.1) is 6.92 Å². The van der Waals surface area contributed by atoms with Crippen LogP contribution in [0.1, 0.15) is 61.6 Å². The fourth-order valence-corrected chi connectivity index (χ4v) is 2.98. The molecule has 1 unspecified atom stereocenters. The molecule has 7 heteroatoms. The maximum atomic E-state index is 12.5. The van der Waals surface area contributed by atoms with E-state index in [1.165, 1.54) is 13.1 Å². The molecule has 1 aromatic heterocycles. The van der Waals surface area contributed by atoms with Gasteiger partial charge in [-0.1, -0.05) is 13.3 Å². The van der Waals surface area contributed by atoms with Gasteiger partial charge in [-0.05, 0) is 33.1 Å². The van der Waals surface area contributed by atoms with Crippen LogP contribution in [-0.2, 0) is 9.53 Å². The molecular weight excluding hydrogens is 298 g/mol. The van der Waals surface area contributed by atoms with Gasteiger partial charge in [0.05, 0.1) is 17.8 Å². The molecule has 128 valence electrons. The molecule has 7 nitrogen and oxygen atoms in total. The van der Waals surface area contributed by atoms with E-state index in [9.17, 15) is 14.7 Å². The standard InChI is InChI=1S/C16H25N3O4/c1-4-7-16(3,15(21)22)18-14(20)13-10-17-19(11(13)2)12-5-8-23-9-6-12/h10,12H,4-9H2,1-3H3,(H,18,20)(H,21,22). The van der Waals surface area contributed by atoms with E-state index < -0.39 is 11.5 Å². The van der Waals surface area contributed by atoms with Crippen molar-refractivity contribution in [2.45, 2.75) is 58.0 Å². The summed E-state index contributed by atoms with van der Waals surface area (Å²) in [6, 6.07) is 0.229. The summed E-state index contributed by atoms with van der Waals surface area (Å²) in [7, 11) is 0. The van der Waals surface area contributed by atoms with Gasteiger partial charge in [-0.15, -0.1) is 0 Å². The summed E-state index contributed by atoms with van der Waals surface area (Å²) >= 11 is 0. The molecule has 1 aliphatic heterocycles. The van der Waals surface area contributed by atoms with Crippen molar-refractivity contribution in [3.63, 3.8) is 0 Å². The normalized spacial score (nSPS) is 18.4. The van der Waals surface area contributed by atoms with E-state index in [1.807, 2.05) is 18.5 Å². The Labute approximate surface area is 136 Å². The van der Waals surface area contributed by atoms with E-state index in [2.05, 4.69) is 10.4 Å². The van der Waals surface area contributed by atoms with Crippen LogP contribution in [0.25, 0.3) is 0 Å². The number of aromatic nitrogens is 2. The van der Waals surface area contributed by atoms with Crippen LogP contribution < -0.4 is 5.32 Å². The highest BCUT2D eigenvalue weighted by molar-refractivity contribution is 5.98. The molecule has 0 bridgehead atoms. The van der Waals surface area contributed by atoms with E-state index >= 15 is 0 Å². The van der Waals surface area contributed by atoms with Crippen molar-refractivity contribution >= 4 is 11.9 Å². The maximum absolute atomic E-state index is 12.5. The summed E-state index contributed by atoms with van der Waals surface area (Å²) in [5.41, 5.74) is -0.0716. The topological polar surface area (TPSA) is 93.5 Å². The second kappa shape index (κ2) is 7.12. The maximum Gasteiger partial charge on any atom is 0.329 e. The van der Waals surface area contributed by atoms with Crippen molar-refractivity contribution in [3.05, 3.63) is 17.5 Å². The Morgan fingerprint density at radius 2 is 2.13 bits per heavy atom. The largest absolute Gasteiger partial charge is 0.480 e. The number of ether oxygens (including phenoxy) is 1. The summed E-state index contributed by atoms with van der Waals surface area (Å²) in [5.74, 6) is -1.42. The lowest BCUT2D eigenvalue weighted by molar-refractivity contribution is -0.144. The quantitative estimate of drug-likeness (QED) is 0.834. The van der Waals surface area contributed by atoms with Crippen LogP contribution in [-0.4, -0.2) is 45.5 Å². The minimum Gasteiger partial charge on any atom is -0.480 e. The third-order valence-electron chi connectivity index (χ3n) is 4.44. The Bertz CT molecular complexity index is 578. The van der Waals surface area contributed by atoms with Crippen molar-refractivity contribution in [1.29, 1.82) is 0 Å². The number of hydrogen-bond acceptors (Lipinski definition) is 4.